The number of fused-ring (bicyclic) bond motifs is 1. The van der Waals surface area contributed by atoms with Crippen LogP contribution in [0.2, 0.25) is 5.02 Å². The van der Waals surface area contributed by atoms with Gasteiger partial charge in [-0.15, -0.1) is 10.2 Å². The van der Waals surface area contributed by atoms with Crippen LogP contribution in [-0.4, -0.2) is 29.4 Å². The van der Waals surface area contributed by atoms with E-state index in [0.29, 0.717) is 29.5 Å². The molecule has 3 aromatic rings. The molecule has 0 fully saturated rings. The molecule has 0 spiro atoms. The lowest BCUT2D eigenvalue weighted by atomic mass is 10.1. The van der Waals surface area contributed by atoms with E-state index >= 15 is 0 Å². The summed E-state index contributed by atoms with van der Waals surface area (Å²) in [4.78, 5) is 12.3. The van der Waals surface area contributed by atoms with Gasteiger partial charge in [0.1, 0.15) is 5.82 Å². The van der Waals surface area contributed by atoms with E-state index < -0.39 is 0 Å². The molecule has 0 saturated heterocycles. The summed E-state index contributed by atoms with van der Waals surface area (Å²) >= 11 is 5.98. The molecule has 1 aromatic heterocycles. The normalized spacial score (nSPS) is 11.9. The number of hydrogen-bond acceptors (Lipinski definition) is 6. The Hall–Kier alpha value is -3.32. The maximum absolute atomic E-state index is 12.3. The highest BCUT2D eigenvalue weighted by Gasteiger charge is 2.15. The number of ether oxygens (including phenoxy) is 2. The van der Waals surface area contributed by atoms with E-state index in [1.54, 1.807) is 30.3 Å². The Labute approximate surface area is 166 Å². The molecule has 142 valence electrons. The molecule has 0 bridgehead atoms. The van der Waals surface area contributed by atoms with Gasteiger partial charge < -0.3 is 20.1 Å². The first kappa shape index (κ1) is 18.1. The number of aromatic nitrogens is 2. The molecule has 1 aliphatic heterocycles. The summed E-state index contributed by atoms with van der Waals surface area (Å²) in [5, 5.41) is 14.7. The van der Waals surface area contributed by atoms with E-state index in [9.17, 15) is 4.79 Å². The number of carbonyl (C=O) groups excluding carboxylic acids is 1. The smallest absolute Gasteiger partial charge is 0.276 e. The van der Waals surface area contributed by atoms with Crippen molar-refractivity contribution >= 4 is 29.0 Å². The van der Waals surface area contributed by atoms with Crippen LogP contribution in [0.25, 0.3) is 0 Å². The Bertz CT molecular complexity index is 995. The molecule has 0 radical (unpaired) electrons. The van der Waals surface area contributed by atoms with Crippen LogP contribution in [0, 0.1) is 0 Å². The Balaban J connectivity index is 1.31. The molecular weight excluding hydrogens is 380 g/mol. The Morgan fingerprint density at radius 1 is 1.04 bits per heavy atom. The number of nitrogens with zero attached hydrogens (tertiary/aromatic N) is 2. The van der Waals surface area contributed by atoms with Crippen molar-refractivity contribution in [1.29, 1.82) is 0 Å². The molecule has 28 heavy (non-hydrogen) atoms. The van der Waals surface area contributed by atoms with Crippen LogP contribution in [0.1, 0.15) is 16.1 Å². The first-order chi connectivity index (χ1) is 13.7. The molecule has 8 heteroatoms. The van der Waals surface area contributed by atoms with Crippen LogP contribution in [-0.2, 0) is 6.42 Å². The predicted octanol–water partition coefficient (Wildman–Crippen LogP) is 3.77. The van der Waals surface area contributed by atoms with E-state index in [4.69, 9.17) is 21.1 Å². The van der Waals surface area contributed by atoms with E-state index in [2.05, 4.69) is 20.8 Å². The second kappa shape index (κ2) is 8.14. The van der Waals surface area contributed by atoms with Crippen molar-refractivity contribution in [1.82, 2.24) is 10.2 Å². The SMILES string of the molecule is O=C(Nc1ccc2c(c1)OCO2)c1ccc(NCCc2cccc(Cl)c2)nn1. The maximum Gasteiger partial charge on any atom is 0.276 e. The van der Waals surface area contributed by atoms with Crippen LogP contribution in [0.5, 0.6) is 11.5 Å². The highest BCUT2D eigenvalue weighted by molar-refractivity contribution is 6.30. The summed E-state index contributed by atoms with van der Waals surface area (Å²) in [6.45, 7) is 0.863. The van der Waals surface area contributed by atoms with E-state index in [-0.39, 0.29) is 18.4 Å². The van der Waals surface area contributed by atoms with Crippen molar-refractivity contribution in [2.75, 3.05) is 24.0 Å². The minimum atomic E-state index is -0.350. The van der Waals surface area contributed by atoms with E-state index in [1.165, 1.54) is 0 Å². The molecule has 2 heterocycles. The summed E-state index contributed by atoms with van der Waals surface area (Å²) < 4.78 is 10.6. The van der Waals surface area contributed by atoms with Crippen LogP contribution >= 0.6 is 11.6 Å². The molecule has 4 rings (SSSR count). The van der Waals surface area contributed by atoms with Gasteiger partial charge in [-0.1, -0.05) is 23.7 Å². The fourth-order valence-corrected chi connectivity index (χ4v) is 2.96. The standard InChI is InChI=1S/C20H17ClN4O3/c21-14-3-1-2-13(10-14)8-9-22-19-7-5-16(24-25-19)20(26)23-15-4-6-17-18(11-15)28-12-27-17/h1-7,10-11H,8-9,12H2,(H,22,25)(H,23,26). The van der Waals surface area contributed by atoms with Crippen molar-refractivity contribution in [3.05, 3.63) is 70.9 Å². The van der Waals surface area contributed by atoms with Gasteiger partial charge in [-0.2, -0.15) is 0 Å². The average Bonchev–Trinajstić information content (AvgIpc) is 3.16. The Morgan fingerprint density at radius 2 is 1.93 bits per heavy atom. The molecule has 0 atom stereocenters. The number of rotatable bonds is 6. The first-order valence-corrected chi connectivity index (χ1v) is 9.08. The zero-order chi connectivity index (χ0) is 19.3. The summed E-state index contributed by atoms with van der Waals surface area (Å²) in [6, 6.07) is 16.3. The molecule has 0 aliphatic carbocycles. The van der Waals surface area contributed by atoms with Gasteiger partial charge in [0.15, 0.2) is 17.2 Å². The monoisotopic (exact) mass is 396 g/mol. The molecular formula is C20H17ClN4O3. The van der Waals surface area contributed by atoms with Crippen molar-refractivity contribution in [3.8, 4) is 11.5 Å². The fourth-order valence-electron chi connectivity index (χ4n) is 2.74. The third-order valence-electron chi connectivity index (χ3n) is 4.14. The fraction of sp³-hybridized carbons (Fsp3) is 0.150. The number of anilines is 2. The predicted molar refractivity (Wildman–Crippen MR) is 106 cm³/mol. The molecule has 2 N–H and O–H groups in total. The molecule has 1 aliphatic rings. The first-order valence-electron chi connectivity index (χ1n) is 8.70. The lowest BCUT2D eigenvalue weighted by Gasteiger charge is -2.07. The van der Waals surface area contributed by atoms with E-state index in [0.717, 1.165) is 17.0 Å². The van der Waals surface area contributed by atoms with Crippen molar-refractivity contribution in [2.24, 2.45) is 0 Å². The van der Waals surface area contributed by atoms with Gasteiger partial charge in [-0.25, -0.2) is 0 Å². The van der Waals surface area contributed by atoms with Gasteiger partial charge in [0, 0.05) is 23.3 Å². The van der Waals surface area contributed by atoms with Crippen molar-refractivity contribution in [3.63, 3.8) is 0 Å². The number of carbonyl (C=O) groups is 1. The zero-order valence-corrected chi connectivity index (χ0v) is 15.6. The number of benzene rings is 2. The number of amides is 1. The van der Waals surface area contributed by atoms with Crippen LogP contribution in [0.15, 0.2) is 54.6 Å². The van der Waals surface area contributed by atoms with Gasteiger partial charge in [0.25, 0.3) is 5.91 Å². The average molecular weight is 397 g/mol. The Kier molecular flexibility index (Phi) is 5.25. The van der Waals surface area contributed by atoms with Crippen molar-refractivity contribution in [2.45, 2.75) is 6.42 Å². The Morgan fingerprint density at radius 3 is 2.75 bits per heavy atom. The highest BCUT2D eigenvalue weighted by Crippen LogP contribution is 2.34. The topological polar surface area (TPSA) is 85.4 Å². The minimum absolute atomic E-state index is 0.185. The minimum Gasteiger partial charge on any atom is -0.454 e. The summed E-state index contributed by atoms with van der Waals surface area (Å²) in [5.74, 6) is 1.51. The zero-order valence-electron chi connectivity index (χ0n) is 14.8. The third-order valence-corrected chi connectivity index (χ3v) is 4.37. The molecule has 0 saturated carbocycles. The van der Waals surface area contributed by atoms with Crippen LogP contribution < -0.4 is 20.1 Å². The van der Waals surface area contributed by atoms with Gasteiger partial charge in [-0.3, -0.25) is 4.79 Å². The summed E-state index contributed by atoms with van der Waals surface area (Å²) in [7, 11) is 0. The molecule has 7 nitrogen and oxygen atoms in total. The number of hydrogen-bond donors (Lipinski definition) is 2. The van der Waals surface area contributed by atoms with E-state index in [1.807, 2.05) is 24.3 Å². The maximum atomic E-state index is 12.3. The third kappa shape index (κ3) is 4.32. The number of halogens is 1. The van der Waals surface area contributed by atoms with Gasteiger partial charge in [0.05, 0.1) is 0 Å². The second-order valence-corrected chi connectivity index (χ2v) is 6.57. The van der Waals surface area contributed by atoms with Crippen molar-refractivity contribution < 1.29 is 14.3 Å². The quantitative estimate of drug-likeness (QED) is 0.659. The summed E-state index contributed by atoms with van der Waals surface area (Å²) in [5.41, 5.74) is 1.95. The van der Waals surface area contributed by atoms with Gasteiger partial charge in [-0.05, 0) is 48.4 Å². The molecule has 2 aromatic carbocycles. The van der Waals surface area contributed by atoms with Crippen LogP contribution in [0.3, 0.4) is 0 Å². The van der Waals surface area contributed by atoms with Gasteiger partial charge in [0.2, 0.25) is 6.79 Å². The molecule has 1 amide bonds. The number of nitrogens with one attached hydrogen (secondary N) is 2. The van der Waals surface area contributed by atoms with Gasteiger partial charge >= 0.3 is 0 Å². The molecule has 0 unspecified atom stereocenters. The second-order valence-electron chi connectivity index (χ2n) is 6.13. The lowest BCUT2D eigenvalue weighted by molar-refractivity contribution is 0.102. The van der Waals surface area contributed by atoms with Crippen LogP contribution in [0.4, 0.5) is 11.5 Å². The lowest BCUT2D eigenvalue weighted by Crippen LogP contribution is -2.15. The highest BCUT2D eigenvalue weighted by atomic mass is 35.5. The summed E-state index contributed by atoms with van der Waals surface area (Å²) in [6.07, 6.45) is 0.800. The largest absolute Gasteiger partial charge is 0.454 e.